The van der Waals surface area contributed by atoms with E-state index >= 15 is 0 Å². The number of rotatable bonds is 4. The van der Waals surface area contributed by atoms with Crippen LogP contribution in [-0.2, 0) is 9.53 Å². The van der Waals surface area contributed by atoms with Crippen molar-refractivity contribution in [2.45, 2.75) is 13.8 Å². The molecule has 1 aliphatic rings. The molecule has 0 spiro atoms. The highest BCUT2D eigenvalue weighted by atomic mass is 35.5. The van der Waals surface area contributed by atoms with Gasteiger partial charge in [-0.05, 0) is 67.1 Å². The Morgan fingerprint density at radius 1 is 1.25 bits per heavy atom. The fraction of sp³-hybridized carbons (Fsp3) is 0.190. The fourth-order valence-electron chi connectivity index (χ4n) is 2.68. The Bertz CT molecular complexity index is 984. The molecule has 0 radical (unpaired) electrons. The van der Waals surface area contributed by atoms with Gasteiger partial charge in [-0.25, -0.2) is 9.79 Å². The number of thioether (sulfide) groups is 1. The molecule has 0 N–H and O–H groups in total. The first kappa shape index (κ1) is 20.2. The molecule has 2 aromatic rings. The Kier molecular flexibility index (Phi) is 6.21. The smallest absolute Gasteiger partial charge is 0.337 e. The van der Waals surface area contributed by atoms with E-state index in [4.69, 9.17) is 16.3 Å². The second-order valence-corrected chi connectivity index (χ2v) is 7.47. The average molecular weight is 415 g/mol. The van der Waals surface area contributed by atoms with Crippen LogP contribution in [0.15, 0.2) is 52.4 Å². The number of ether oxygens (including phenoxy) is 1. The molecule has 0 unspecified atom stereocenters. The van der Waals surface area contributed by atoms with Crippen molar-refractivity contribution in [3.63, 3.8) is 0 Å². The third-order valence-electron chi connectivity index (χ3n) is 4.29. The monoisotopic (exact) mass is 414 g/mol. The van der Waals surface area contributed by atoms with E-state index in [-0.39, 0.29) is 5.91 Å². The molecule has 28 heavy (non-hydrogen) atoms. The molecule has 0 saturated carbocycles. The van der Waals surface area contributed by atoms with E-state index in [2.05, 4.69) is 4.99 Å². The van der Waals surface area contributed by atoms with Crippen LogP contribution in [0.4, 0.5) is 5.69 Å². The van der Waals surface area contributed by atoms with Crippen LogP contribution in [0.2, 0.25) is 5.02 Å². The van der Waals surface area contributed by atoms with Gasteiger partial charge in [0.2, 0.25) is 0 Å². The Balaban J connectivity index is 1.91. The summed E-state index contributed by atoms with van der Waals surface area (Å²) >= 11 is 7.50. The topological polar surface area (TPSA) is 59.0 Å². The van der Waals surface area contributed by atoms with Crippen LogP contribution in [0.25, 0.3) is 6.08 Å². The molecule has 0 atom stereocenters. The van der Waals surface area contributed by atoms with E-state index < -0.39 is 5.97 Å². The van der Waals surface area contributed by atoms with Gasteiger partial charge in [0.25, 0.3) is 5.91 Å². The SMILES string of the molecule is CCN1C(=O)C(=Cc2ccc(C(=O)OC)cc2)SC1=Nc1cccc(Cl)c1C. The number of esters is 1. The zero-order valence-corrected chi connectivity index (χ0v) is 17.3. The summed E-state index contributed by atoms with van der Waals surface area (Å²) in [7, 11) is 1.34. The molecular weight excluding hydrogens is 396 g/mol. The van der Waals surface area contributed by atoms with Gasteiger partial charge in [-0.3, -0.25) is 9.69 Å². The maximum absolute atomic E-state index is 12.8. The standard InChI is InChI=1S/C21H19ClN2O3S/c1-4-24-19(25)18(12-14-8-10-15(11-9-14)20(26)27-3)28-21(24)23-17-7-5-6-16(22)13(17)2/h5-12H,4H2,1-3H3. The summed E-state index contributed by atoms with van der Waals surface area (Å²) in [5, 5.41) is 1.26. The third kappa shape index (κ3) is 4.13. The van der Waals surface area contributed by atoms with Crippen molar-refractivity contribution in [1.82, 2.24) is 4.90 Å². The highest BCUT2D eigenvalue weighted by Gasteiger charge is 2.32. The lowest BCUT2D eigenvalue weighted by Gasteiger charge is -2.12. The van der Waals surface area contributed by atoms with Gasteiger partial charge in [-0.15, -0.1) is 0 Å². The molecule has 1 fully saturated rings. The van der Waals surface area contributed by atoms with Gasteiger partial charge in [0.15, 0.2) is 5.17 Å². The van der Waals surface area contributed by atoms with Crippen molar-refractivity contribution < 1.29 is 14.3 Å². The summed E-state index contributed by atoms with van der Waals surface area (Å²) in [5.74, 6) is -0.489. The van der Waals surface area contributed by atoms with Crippen LogP contribution >= 0.6 is 23.4 Å². The van der Waals surface area contributed by atoms with Gasteiger partial charge < -0.3 is 4.74 Å². The quantitative estimate of drug-likeness (QED) is 0.518. The second kappa shape index (κ2) is 8.63. The van der Waals surface area contributed by atoms with Gasteiger partial charge in [0.1, 0.15) is 0 Å². The zero-order chi connectivity index (χ0) is 20.3. The highest BCUT2D eigenvalue weighted by molar-refractivity contribution is 8.18. The van der Waals surface area contributed by atoms with E-state index in [9.17, 15) is 9.59 Å². The van der Waals surface area contributed by atoms with Crippen molar-refractivity contribution >= 4 is 52.2 Å². The van der Waals surface area contributed by atoms with Gasteiger partial charge >= 0.3 is 5.97 Å². The predicted molar refractivity (Wildman–Crippen MR) is 114 cm³/mol. The summed E-state index contributed by atoms with van der Waals surface area (Å²) in [5.41, 5.74) is 2.89. The van der Waals surface area contributed by atoms with Crippen molar-refractivity contribution in [2.24, 2.45) is 4.99 Å². The summed E-state index contributed by atoms with van der Waals surface area (Å²) in [6.07, 6.45) is 1.80. The molecule has 5 nitrogen and oxygen atoms in total. The number of benzene rings is 2. The second-order valence-electron chi connectivity index (χ2n) is 6.05. The number of likely N-dealkylation sites (N-methyl/N-ethyl adjacent to an activating group) is 1. The lowest BCUT2D eigenvalue weighted by atomic mass is 10.1. The minimum atomic E-state index is -0.394. The molecule has 1 amide bonds. The van der Waals surface area contributed by atoms with Crippen LogP contribution in [0.3, 0.4) is 0 Å². The largest absolute Gasteiger partial charge is 0.465 e. The number of hydrogen-bond donors (Lipinski definition) is 0. The number of halogens is 1. The van der Waals surface area contributed by atoms with Gasteiger partial charge in [-0.1, -0.05) is 29.8 Å². The molecule has 1 heterocycles. The van der Waals surface area contributed by atoms with E-state index in [1.807, 2.05) is 32.0 Å². The number of methoxy groups -OCH3 is 1. The molecule has 1 aliphatic heterocycles. The summed E-state index contributed by atoms with van der Waals surface area (Å²) in [6.45, 7) is 4.33. The molecule has 0 bridgehead atoms. The van der Waals surface area contributed by atoms with Crippen molar-refractivity contribution in [3.8, 4) is 0 Å². The lowest BCUT2D eigenvalue weighted by Crippen LogP contribution is -2.28. The predicted octanol–water partition coefficient (Wildman–Crippen LogP) is 5.06. The van der Waals surface area contributed by atoms with Gasteiger partial charge in [0.05, 0.1) is 23.3 Å². The minimum Gasteiger partial charge on any atom is -0.465 e. The molecule has 1 saturated heterocycles. The number of amides is 1. The molecule has 3 rings (SSSR count). The Morgan fingerprint density at radius 3 is 2.61 bits per heavy atom. The Morgan fingerprint density at radius 2 is 1.96 bits per heavy atom. The van der Waals surface area contributed by atoms with Crippen LogP contribution in [-0.4, -0.2) is 35.6 Å². The van der Waals surface area contributed by atoms with E-state index in [1.54, 1.807) is 35.2 Å². The molecular formula is C21H19ClN2O3S. The molecule has 2 aromatic carbocycles. The van der Waals surface area contributed by atoms with Crippen molar-refractivity contribution in [2.75, 3.05) is 13.7 Å². The highest BCUT2D eigenvalue weighted by Crippen LogP contribution is 2.35. The summed E-state index contributed by atoms with van der Waals surface area (Å²) in [4.78, 5) is 31.2. The first-order chi connectivity index (χ1) is 13.4. The summed E-state index contributed by atoms with van der Waals surface area (Å²) in [6, 6.07) is 12.4. The molecule has 0 aromatic heterocycles. The average Bonchev–Trinajstić information content (AvgIpc) is 2.99. The zero-order valence-electron chi connectivity index (χ0n) is 15.7. The van der Waals surface area contributed by atoms with Gasteiger partial charge in [0, 0.05) is 11.6 Å². The van der Waals surface area contributed by atoms with Crippen molar-refractivity contribution in [1.29, 1.82) is 0 Å². The molecule has 144 valence electrons. The molecule has 0 aliphatic carbocycles. The fourth-order valence-corrected chi connectivity index (χ4v) is 3.90. The minimum absolute atomic E-state index is 0.0945. The van der Waals surface area contributed by atoms with E-state index in [0.29, 0.717) is 27.2 Å². The number of aliphatic imine (C=N–C) groups is 1. The lowest BCUT2D eigenvalue weighted by molar-refractivity contribution is -0.122. The number of hydrogen-bond acceptors (Lipinski definition) is 5. The van der Waals surface area contributed by atoms with Crippen LogP contribution < -0.4 is 0 Å². The first-order valence-corrected chi connectivity index (χ1v) is 9.87. The normalized spacial score (nSPS) is 16.9. The Labute approximate surface area is 173 Å². The van der Waals surface area contributed by atoms with Crippen LogP contribution in [0.5, 0.6) is 0 Å². The van der Waals surface area contributed by atoms with E-state index in [1.165, 1.54) is 18.9 Å². The summed E-state index contributed by atoms with van der Waals surface area (Å²) < 4.78 is 4.70. The van der Waals surface area contributed by atoms with E-state index in [0.717, 1.165) is 16.8 Å². The first-order valence-electron chi connectivity index (χ1n) is 8.68. The van der Waals surface area contributed by atoms with Gasteiger partial charge in [-0.2, -0.15) is 0 Å². The van der Waals surface area contributed by atoms with Crippen LogP contribution in [0, 0.1) is 6.92 Å². The number of nitrogens with zero attached hydrogens (tertiary/aromatic N) is 2. The number of carbonyl (C=O) groups excluding carboxylic acids is 2. The maximum Gasteiger partial charge on any atom is 0.337 e. The Hall–Kier alpha value is -2.57. The maximum atomic E-state index is 12.8. The number of amidine groups is 1. The van der Waals surface area contributed by atoms with Crippen LogP contribution in [0.1, 0.15) is 28.4 Å². The number of carbonyl (C=O) groups is 2. The third-order valence-corrected chi connectivity index (χ3v) is 5.71. The van der Waals surface area contributed by atoms with Crippen molar-refractivity contribution in [3.05, 3.63) is 69.1 Å². The molecule has 7 heteroatoms.